The second-order valence-corrected chi connectivity index (χ2v) is 3.38. The van der Waals surface area contributed by atoms with Crippen LogP contribution in [0.3, 0.4) is 0 Å². The van der Waals surface area contributed by atoms with Gasteiger partial charge in [-0.1, -0.05) is 6.07 Å². The molecule has 1 heterocycles. The first-order valence-electron chi connectivity index (χ1n) is 4.62. The number of phenolic OH excluding ortho intramolecular Hbond substituents is 1. The van der Waals surface area contributed by atoms with Crippen LogP contribution < -0.4 is 0 Å². The van der Waals surface area contributed by atoms with Crippen molar-refractivity contribution in [2.45, 2.75) is 13.8 Å². The van der Waals surface area contributed by atoms with Crippen LogP contribution in [0.25, 0.3) is 11.4 Å². The highest BCUT2D eigenvalue weighted by Gasteiger charge is 2.07. The minimum absolute atomic E-state index is 0.195. The molecule has 0 unspecified atom stereocenters. The molecular weight excluding hydrogens is 190 g/mol. The van der Waals surface area contributed by atoms with Crippen LogP contribution in [-0.4, -0.2) is 20.1 Å². The average molecular weight is 201 g/mol. The fourth-order valence-corrected chi connectivity index (χ4v) is 1.34. The van der Waals surface area contributed by atoms with E-state index >= 15 is 0 Å². The summed E-state index contributed by atoms with van der Waals surface area (Å²) in [6.45, 7) is 3.71. The van der Waals surface area contributed by atoms with Crippen molar-refractivity contribution >= 4 is 0 Å². The molecule has 0 bridgehead atoms. The average Bonchev–Trinajstić information content (AvgIpc) is 2.17. The highest BCUT2D eigenvalue weighted by atomic mass is 16.3. The van der Waals surface area contributed by atoms with Crippen molar-refractivity contribution in [2.75, 3.05) is 0 Å². The number of nitrogens with zero attached hydrogens (tertiary/aromatic N) is 3. The molecule has 2 rings (SSSR count). The van der Waals surface area contributed by atoms with Gasteiger partial charge >= 0.3 is 0 Å². The topological polar surface area (TPSA) is 58.9 Å². The number of benzene rings is 1. The molecule has 76 valence electrons. The minimum atomic E-state index is 0.195. The van der Waals surface area contributed by atoms with Gasteiger partial charge < -0.3 is 5.11 Å². The molecule has 4 nitrogen and oxygen atoms in total. The Morgan fingerprint density at radius 2 is 1.93 bits per heavy atom. The second-order valence-electron chi connectivity index (χ2n) is 3.38. The fourth-order valence-electron chi connectivity index (χ4n) is 1.34. The first kappa shape index (κ1) is 9.58. The largest absolute Gasteiger partial charge is 0.507 e. The van der Waals surface area contributed by atoms with Gasteiger partial charge in [0, 0.05) is 0 Å². The second kappa shape index (κ2) is 3.65. The number of aromatic hydroxyl groups is 1. The molecule has 0 saturated heterocycles. The number of phenols is 1. The van der Waals surface area contributed by atoms with Gasteiger partial charge in [-0.25, -0.2) is 15.0 Å². The van der Waals surface area contributed by atoms with Crippen molar-refractivity contribution in [1.82, 2.24) is 15.0 Å². The first-order valence-corrected chi connectivity index (χ1v) is 4.62. The van der Waals surface area contributed by atoms with Gasteiger partial charge in [0.15, 0.2) is 5.82 Å². The SMILES string of the molecule is Cc1ccc(-c2ncnc(C)n2)c(O)c1. The molecule has 1 aromatic heterocycles. The molecule has 0 saturated carbocycles. The van der Waals surface area contributed by atoms with Gasteiger partial charge in [-0.3, -0.25) is 0 Å². The maximum atomic E-state index is 9.74. The smallest absolute Gasteiger partial charge is 0.166 e. The van der Waals surface area contributed by atoms with Crippen LogP contribution in [0.2, 0.25) is 0 Å². The summed E-state index contributed by atoms with van der Waals surface area (Å²) in [6.07, 6.45) is 1.44. The summed E-state index contributed by atoms with van der Waals surface area (Å²) in [7, 11) is 0. The molecule has 0 fully saturated rings. The Hall–Kier alpha value is -1.97. The zero-order valence-corrected chi connectivity index (χ0v) is 8.60. The van der Waals surface area contributed by atoms with Gasteiger partial charge in [0.05, 0.1) is 5.56 Å². The molecule has 0 amide bonds. The van der Waals surface area contributed by atoms with E-state index in [0.717, 1.165) is 5.56 Å². The Kier molecular flexibility index (Phi) is 2.33. The van der Waals surface area contributed by atoms with E-state index in [1.165, 1.54) is 6.33 Å². The molecule has 15 heavy (non-hydrogen) atoms. The first-order chi connectivity index (χ1) is 7.16. The highest BCUT2D eigenvalue weighted by molar-refractivity contribution is 5.63. The number of rotatable bonds is 1. The van der Waals surface area contributed by atoms with E-state index in [2.05, 4.69) is 15.0 Å². The quantitative estimate of drug-likeness (QED) is 0.765. The van der Waals surface area contributed by atoms with E-state index in [9.17, 15) is 5.11 Å². The third-order valence-corrected chi connectivity index (χ3v) is 2.09. The predicted octanol–water partition coefficient (Wildman–Crippen LogP) is 1.86. The van der Waals surface area contributed by atoms with Crippen molar-refractivity contribution in [3.05, 3.63) is 35.9 Å². The zero-order chi connectivity index (χ0) is 10.8. The molecule has 0 aliphatic rings. The van der Waals surface area contributed by atoms with E-state index in [1.54, 1.807) is 19.1 Å². The summed E-state index contributed by atoms with van der Waals surface area (Å²) >= 11 is 0. The lowest BCUT2D eigenvalue weighted by molar-refractivity contribution is 0.476. The highest BCUT2D eigenvalue weighted by Crippen LogP contribution is 2.26. The standard InChI is InChI=1S/C11H11N3O/c1-7-3-4-9(10(15)5-7)11-13-6-12-8(2)14-11/h3-6,15H,1-2H3. The molecule has 0 aliphatic heterocycles. The van der Waals surface area contributed by atoms with Crippen LogP contribution in [0.5, 0.6) is 5.75 Å². The van der Waals surface area contributed by atoms with Gasteiger partial charge in [-0.2, -0.15) is 0 Å². The van der Waals surface area contributed by atoms with Gasteiger partial charge in [-0.05, 0) is 31.5 Å². The van der Waals surface area contributed by atoms with E-state index in [0.29, 0.717) is 17.2 Å². The lowest BCUT2D eigenvalue weighted by Gasteiger charge is -2.03. The van der Waals surface area contributed by atoms with Crippen LogP contribution in [0.1, 0.15) is 11.4 Å². The molecule has 1 aromatic carbocycles. The van der Waals surface area contributed by atoms with Crippen molar-refractivity contribution < 1.29 is 5.11 Å². The third-order valence-electron chi connectivity index (χ3n) is 2.09. The lowest BCUT2D eigenvalue weighted by atomic mass is 10.1. The normalized spacial score (nSPS) is 10.3. The van der Waals surface area contributed by atoms with Crippen LogP contribution in [-0.2, 0) is 0 Å². The van der Waals surface area contributed by atoms with Gasteiger partial charge in [0.25, 0.3) is 0 Å². The van der Waals surface area contributed by atoms with Crippen molar-refractivity contribution in [3.8, 4) is 17.1 Å². The van der Waals surface area contributed by atoms with Crippen molar-refractivity contribution in [3.63, 3.8) is 0 Å². The van der Waals surface area contributed by atoms with Crippen molar-refractivity contribution in [1.29, 1.82) is 0 Å². The van der Waals surface area contributed by atoms with E-state index in [1.807, 2.05) is 13.0 Å². The molecule has 0 radical (unpaired) electrons. The molecule has 0 atom stereocenters. The molecule has 4 heteroatoms. The molecular formula is C11H11N3O. The fraction of sp³-hybridized carbons (Fsp3) is 0.182. The van der Waals surface area contributed by atoms with E-state index in [-0.39, 0.29) is 5.75 Å². The maximum Gasteiger partial charge on any atom is 0.166 e. The summed E-state index contributed by atoms with van der Waals surface area (Å²) in [6, 6.07) is 5.40. The Balaban J connectivity index is 2.54. The monoisotopic (exact) mass is 201 g/mol. The molecule has 0 spiro atoms. The Labute approximate surface area is 87.7 Å². The van der Waals surface area contributed by atoms with Gasteiger partial charge in [-0.15, -0.1) is 0 Å². The summed E-state index contributed by atoms with van der Waals surface area (Å²) < 4.78 is 0. The summed E-state index contributed by atoms with van der Waals surface area (Å²) in [4.78, 5) is 12.1. The molecule has 1 N–H and O–H groups in total. The van der Waals surface area contributed by atoms with Crippen molar-refractivity contribution in [2.24, 2.45) is 0 Å². The summed E-state index contributed by atoms with van der Waals surface area (Å²) in [5.74, 6) is 1.33. The molecule has 2 aromatic rings. The Morgan fingerprint density at radius 1 is 1.13 bits per heavy atom. The van der Waals surface area contributed by atoms with Crippen LogP contribution in [0.4, 0.5) is 0 Å². The number of aromatic nitrogens is 3. The Bertz CT molecular complexity index is 497. The van der Waals surface area contributed by atoms with Crippen LogP contribution >= 0.6 is 0 Å². The van der Waals surface area contributed by atoms with Gasteiger partial charge in [0.1, 0.15) is 17.9 Å². The maximum absolute atomic E-state index is 9.74. The Morgan fingerprint density at radius 3 is 2.60 bits per heavy atom. The zero-order valence-electron chi connectivity index (χ0n) is 8.60. The predicted molar refractivity (Wildman–Crippen MR) is 56.4 cm³/mol. The van der Waals surface area contributed by atoms with Crippen LogP contribution in [0.15, 0.2) is 24.5 Å². The third kappa shape index (κ3) is 1.93. The molecule has 0 aliphatic carbocycles. The van der Waals surface area contributed by atoms with E-state index in [4.69, 9.17) is 0 Å². The summed E-state index contributed by atoms with van der Waals surface area (Å²) in [5, 5.41) is 9.74. The lowest BCUT2D eigenvalue weighted by Crippen LogP contribution is -1.94. The number of hydrogen-bond donors (Lipinski definition) is 1. The minimum Gasteiger partial charge on any atom is -0.507 e. The van der Waals surface area contributed by atoms with Crippen LogP contribution in [0, 0.1) is 13.8 Å². The number of hydrogen-bond acceptors (Lipinski definition) is 4. The number of aryl methyl sites for hydroxylation is 2. The summed E-state index contributed by atoms with van der Waals surface area (Å²) in [5.41, 5.74) is 1.63. The van der Waals surface area contributed by atoms with E-state index < -0.39 is 0 Å². The van der Waals surface area contributed by atoms with Gasteiger partial charge in [0.2, 0.25) is 0 Å².